The summed E-state index contributed by atoms with van der Waals surface area (Å²) in [5.41, 5.74) is 1.09. The monoisotopic (exact) mass is 248 g/mol. The maximum absolute atomic E-state index is 12.0. The summed E-state index contributed by atoms with van der Waals surface area (Å²) in [4.78, 5) is 12.0. The molecular formula is C14H20N2O2. The molecule has 4 nitrogen and oxygen atoms in total. The first-order chi connectivity index (χ1) is 8.70. The summed E-state index contributed by atoms with van der Waals surface area (Å²) in [6.45, 7) is 2.93. The Hall–Kier alpha value is -1.55. The molecule has 2 N–H and O–H groups in total. The van der Waals surface area contributed by atoms with Gasteiger partial charge in [-0.05, 0) is 44.0 Å². The lowest BCUT2D eigenvalue weighted by Crippen LogP contribution is -2.41. The number of ether oxygens (including phenoxy) is 1. The number of carbonyl (C=O) groups excluding carboxylic acids is 1. The first-order valence-corrected chi connectivity index (χ1v) is 6.38. The average Bonchev–Trinajstić information content (AvgIpc) is 2.92. The Morgan fingerprint density at radius 1 is 1.44 bits per heavy atom. The van der Waals surface area contributed by atoms with E-state index in [4.69, 9.17) is 4.74 Å². The van der Waals surface area contributed by atoms with Crippen molar-refractivity contribution in [1.82, 2.24) is 10.6 Å². The van der Waals surface area contributed by atoms with Crippen LogP contribution in [-0.2, 0) is 4.79 Å². The molecule has 2 atom stereocenters. The van der Waals surface area contributed by atoms with E-state index in [1.54, 1.807) is 7.11 Å². The SMILES string of the molecule is COc1ccc([C@H](C)NC(=O)[C@H]2CCCN2)cc1. The molecule has 4 heteroatoms. The summed E-state index contributed by atoms with van der Waals surface area (Å²) in [7, 11) is 1.64. The molecule has 1 saturated heterocycles. The van der Waals surface area contributed by atoms with Crippen molar-refractivity contribution in [2.45, 2.75) is 31.8 Å². The highest BCUT2D eigenvalue weighted by molar-refractivity contribution is 5.82. The Morgan fingerprint density at radius 2 is 2.17 bits per heavy atom. The normalized spacial score (nSPS) is 20.4. The number of rotatable bonds is 4. The molecule has 0 saturated carbocycles. The fraction of sp³-hybridized carbons (Fsp3) is 0.500. The Morgan fingerprint density at radius 3 is 2.72 bits per heavy atom. The van der Waals surface area contributed by atoms with Gasteiger partial charge in [-0.15, -0.1) is 0 Å². The second-order valence-corrected chi connectivity index (χ2v) is 4.65. The molecule has 0 unspecified atom stereocenters. The van der Waals surface area contributed by atoms with E-state index < -0.39 is 0 Å². The highest BCUT2D eigenvalue weighted by atomic mass is 16.5. The molecule has 1 heterocycles. The topological polar surface area (TPSA) is 50.4 Å². The van der Waals surface area contributed by atoms with Gasteiger partial charge >= 0.3 is 0 Å². The lowest BCUT2D eigenvalue weighted by atomic mass is 10.1. The van der Waals surface area contributed by atoms with Crippen molar-refractivity contribution >= 4 is 5.91 Å². The highest BCUT2D eigenvalue weighted by Gasteiger charge is 2.23. The zero-order chi connectivity index (χ0) is 13.0. The molecule has 1 fully saturated rings. The van der Waals surface area contributed by atoms with Crippen molar-refractivity contribution in [2.24, 2.45) is 0 Å². The summed E-state index contributed by atoms with van der Waals surface area (Å²) >= 11 is 0. The minimum absolute atomic E-state index is 0.0193. The van der Waals surface area contributed by atoms with Crippen molar-refractivity contribution in [3.63, 3.8) is 0 Å². The van der Waals surface area contributed by atoms with E-state index in [9.17, 15) is 4.79 Å². The van der Waals surface area contributed by atoms with E-state index in [0.29, 0.717) is 0 Å². The third-order valence-corrected chi connectivity index (χ3v) is 3.35. The van der Waals surface area contributed by atoms with E-state index in [2.05, 4.69) is 10.6 Å². The molecule has 1 aliphatic heterocycles. The second kappa shape index (κ2) is 5.87. The minimum atomic E-state index is -0.0225. The number of methoxy groups -OCH3 is 1. The van der Waals surface area contributed by atoms with Crippen LogP contribution in [0.5, 0.6) is 5.75 Å². The Bertz CT molecular complexity index is 397. The van der Waals surface area contributed by atoms with Crippen LogP contribution in [0.25, 0.3) is 0 Å². The quantitative estimate of drug-likeness (QED) is 0.851. The molecule has 98 valence electrons. The molecule has 0 bridgehead atoms. The molecular weight excluding hydrogens is 228 g/mol. The van der Waals surface area contributed by atoms with Crippen molar-refractivity contribution in [1.29, 1.82) is 0 Å². The van der Waals surface area contributed by atoms with Crippen LogP contribution in [0.3, 0.4) is 0 Å². The molecule has 1 amide bonds. The molecule has 1 aromatic carbocycles. The molecule has 18 heavy (non-hydrogen) atoms. The van der Waals surface area contributed by atoms with Crippen LogP contribution in [0.15, 0.2) is 24.3 Å². The van der Waals surface area contributed by atoms with Gasteiger partial charge in [0.15, 0.2) is 0 Å². The van der Waals surface area contributed by atoms with Crippen LogP contribution in [0.1, 0.15) is 31.4 Å². The molecule has 1 aromatic rings. The van der Waals surface area contributed by atoms with Gasteiger partial charge in [-0.25, -0.2) is 0 Å². The van der Waals surface area contributed by atoms with Gasteiger partial charge in [0, 0.05) is 0 Å². The highest BCUT2D eigenvalue weighted by Crippen LogP contribution is 2.17. The number of hydrogen-bond donors (Lipinski definition) is 2. The van der Waals surface area contributed by atoms with Crippen molar-refractivity contribution in [2.75, 3.05) is 13.7 Å². The zero-order valence-electron chi connectivity index (χ0n) is 10.9. The fourth-order valence-corrected chi connectivity index (χ4v) is 2.20. The minimum Gasteiger partial charge on any atom is -0.497 e. The third-order valence-electron chi connectivity index (χ3n) is 3.35. The standard InChI is InChI=1S/C14H20N2O2/c1-10(11-5-7-12(18-2)8-6-11)16-14(17)13-4-3-9-15-13/h5-8,10,13,15H,3-4,9H2,1-2H3,(H,16,17)/t10-,13+/m0/s1. The number of hydrogen-bond acceptors (Lipinski definition) is 3. The second-order valence-electron chi connectivity index (χ2n) is 4.65. The lowest BCUT2D eigenvalue weighted by Gasteiger charge is -2.17. The van der Waals surface area contributed by atoms with Gasteiger partial charge in [-0.2, -0.15) is 0 Å². The van der Waals surface area contributed by atoms with Gasteiger partial charge in [0.1, 0.15) is 5.75 Å². The molecule has 0 aromatic heterocycles. The third kappa shape index (κ3) is 3.01. The summed E-state index contributed by atoms with van der Waals surface area (Å²) in [6, 6.07) is 7.77. The maximum atomic E-state index is 12.0. The Labute approximate surface area is 108 Å². The van der Waals surface area contributed by atoms with E-state index >= 15 is 0 Å². The molecule has 0 spiro atoms. The Kier molecular flexibility index (Phi) is 4.20. The number of amides is 1. The summed E-state index contributed by atoms with van der Waals surface area (Å²) < 4.78 is 5.11. The first-order valence-electron chi connectivity index (χ1n) is 6.38. The van der Waals surface area contributed by atoms with Crippen LogP contribution in [0, 0.1) is 0 Å². The van der Waals surface area contributed by atoms with Gasteiger partial charge in [-0.3, -0.25) is 4.79 Å². The predicted molar refractivity (Wildman–Crippen MR) is 70.6 cm³/mol. The molecule has 0 radical (unpaired) electrons. The largest absolute Gasteiger partial charge is 0.497 e. The van der Waals surface area contributed by atoms with E-state index in [-0.39, 0.29) is 18.0 Å². The number of carbonyl (C=O) groups is 1. The van der Waals surface area contributed by atoms with E-state index in [1.807, 2.05) is 31.2 Å². The van der Waals surface area contributed by atoms with Crippen LogP contribution in [-0.4, -0.2) is 25.6 Å². The van der Waals surface area contributed by atoms with Crippen LogP contribution in [0.4, 0.5) is 0 Å². The van der Waals surface area contributed by atoms with Gasteiger partial charge in [0.2, 0.25) is 5.91 Å². The molecule has 0 aliphatic carbocycles. The van der Waals surface area contributed by atoms with Crippen molar-refractivity contribution < 1.29 is 9.53 Å². The molecule has 2 rings (SSSR count). The van der Waals surface area contributed by atoms with E-state index in [1.165, 1.54) is 0 Å². The summed E-state index contributed by atoms with van der Waals surface area (Å²) in [5, 5.41) is 6.23. The fourth-order valence-electron chi connectivity index (χ4n) is 2.20. The lowest BCUT2D eigenvalue weighted by molar-refractivity contribution is -0.123. The van der Waals surface area contributed by atoms with Crippen LogP contribution in [0.2, 0.25) is 0 Å². The van der Waals surface area contributed by atoms with E-state index in [0.717, 1.165) is 30.7 Å². The van der Waals surface area contributed by atoms with Crippen LogP contribution < -0.4 is 15.4 Å². The summed E-state index contributed by atoms with van der Waals surface area (Å²) in [6.07, 6.45) is 2.01. The average molecular weight is 248 g/mol. The predicted octanol–water partition coefficient (Wildman–Crippen LogP) is 1.62. The zero-order valence-corrected chi connectivity index (χ0v) is 10.9. The van der Waals surface area contributed by atoms with Gasteiger partial charge in [0.05, 0.1) is 19.2 Å². The smallest absolute Gasteiger partial charge is 0.237 e. The van der Waals surface area contributed by atoms with Gasteiger partial charge in [-0.1, -0.05) is 12.1 Å². The number of nitrogens with one attached hydrogen (secondary N) is 2. The first kappa shape index (κ1) is 12.9. The van der Waals surface area contributed by atoms with Crippen LogP contribution >= 0.6 is 0 Å². The van der Waals surface area contributed by atoms with Gasteiger partial charge in [0.25, 0.3) is 0 Å². The number of benzene rings is 1. The summed E-state index contributed by atoms with van der Waals surface area (Å²) in [5.74, 6) is 0.922. The van der Waals surface area contributed by atoms with Gasteiger partial charge < -0.3 is 15.4 Å². The Balaban J connectivity index is 1.93. The van der Waals surface area contributed by atoms with Crippen molar-refractivity contribution in [3.05, 3.63) is 29.8 Å². The molecule has 1 aliphatic rings. The maximum Gasteiger partial charge on any atom is 0.237 e. The van der Waals surface area contributed by atoms with Crippen molar-refractivity contribution in [3.8, 4) is 5.75 Å².